The molecule has 2 heterocycles. The van der Waals surface area contributed by atoms with Crippen molar-refractivity contribution in [1.82, 2.24) is 9.97 Å². The van der Waals surface area contributed by atoms with Gasteiger partial charge in [0.15, 0.2) is 5.82 Å². The molecular weight excluding hydrogens is 234 g/mol. The lowest BCUT2D eigenvalue weighted by Gasteiger charge is -2.16. The van der Waals surface area contributed by atoms with Gasteiger partial charge in [-0.05, 0) is 17.9 Å². The van der Waals surface area contributed by atoms with Crippen LogP contribution in [0, 0.1) is 0 Å². The van der Waals surface area contributed by atoms with E-state index in [0.717, 1.165) is 22.8 Å². The van der Waals surface area contributed by atoms with Crippen LogP contribution >= 0.6 is 11.3 Å². The molecule has 0 amide bonds. The fourth-order valence-corrected chi connectivity index (χ4v) is 2.23. The van der Waals surface area contributed by atoms with Gasteiger partial charge in [0.2, 0.25) is 0 Å². The van der Waals surface area contributed by atoms with E-state index in [1.807, 2.05) is 24.4 Å². The largest absolute Gasteiger partial charge is 0.394 e. The van der Waals surface area contributed by atoms with Gasteiger partial charge in [-0.25, -0.2) is 9.97 Å². The molecule has 2 aromatic rings. The quantitative estimate of drug-likeness (QED) is 0.854. The van der Waals surface area contributed by atoms with Gasteiger partial charge in [-0.3, -0.25) is 0 Å². The Morgan fingerprint density at radius 2 is 2.24 bits per heavy atom. The van der Waals surface area contributed by atoms with E-state index < -0.39 is 0 Å². The molecule has 0 spiro atoms. The van der Waals surface area contributed by atoms with E-state index in [9.17, 15) is 5.11 Å². The molecule has 2 aromatic heterocycles. The van der Waals surface area contributed by atoms with Crippen LogP contribution in [0.1, 0.15) is 13.3 Å². The summed E-state index contributed by atoms with van der Waals surface area (Å²) in [7, 11) is 0. The Balaban J connectivity index is 2.28. The number of hydrogen-bond acceptors (Lipinski definition) is 5. The Bertz CT molecular complexity index is 455. The van der Waals surface area contributed by atoms with E-state index in [-0.39, 0.29) is 12.6 Å². The zero-order valence-electron chi connectivity index (χ0n) is 9.63. The molecule has 0 radical (unpaired) electrons. The highest BCUT2D eigenvalue weighted by Crippen LogP contribution is 2.28. The summed E-state index contributed by atoms with van der Waals surface area (Å²) in [4.78, 5) is 9.72. The van der Waals surface area contributed by atoms with Crippen LogP contribution in [-0.4, -0.2) is 27.7 Å². The maximum absolute atomic E-state index is 9.20. The third kappa shape index (κ3) is 2.81. The lowest BCUT2D eigenvalue weighted by Crippen LogP contribution is -2.23. The number of aromatic nitrogens is 2. The minimum Gasteiger partial charge on any atom is -0.394 e. The molecule has 4 nitrogen and oxygen atoms in total. The summed E-state index contributed by atoms with van der Waals surface area (Å²) in [6, 6.07) is 4.02. The first-order valence-electron chi connectivity index (χ1n) is 5.57. The summed E-state index contributed by atoms with van der Waals surface area (Å²) in [5, 5.41) is 14.4. The zero-order chi connectivity index (χ0) is 12.1. The summed E-state index contributed by atoms with van der Waals surface area (Å²) in [6.45, 7) is 2.12. The highest BCUT2D eigenvalue weighted by molar-refractivity contribution is 7.13. The van der Waals surface area contributed by atoms with Crippen LogP contribution < -0.4 is 5.32 Å². The number of aliphatic hydroxyl groups excluding tert-OH is 1. The van der Waals surface area contributed by atoms with Crippen LogP contribution in [0.4, 0.5) is 5.82 Å². The van der Waals surface area contributed by atoms with Crippen LogP contribution in [0.25, 0.3) is 10.6 Å². The number of anilines is 1. The number of nitrogens with zero attached hydrogens (tertiary/aromatic N) is 2. The second-order valence-corrected chi connectivity index (χ2v) is 4.61. The van der Waals surface area contributed by atoms with Gasteiger partial charge in [-0.1, -0.05) is 13.0 Å². The van der Waals surface area contributed by atoms with Gasteiger partial charge in [0.25, 0.3) is 0 Å². The highest BCUT2D eigenvalue weighted by atomic mass is 32.1. The molecule has 17 heavy (non-hydrogen) atoms. The molecule has 0 fully saturated rings. The van der Waals surface area contributed by atoms with Gasteiger partial charge in [0.05, 0.1) is 17.5 Å². The molecule has 2 N–H and O–H groups in total. The summed E-state index contributed by atoms with van der Waals surface area (Å²) in [6.07, 6.45) is 4.18. The molecule has 0 aliphatic rings. The number of nitrogens with one attached hydrogen (secondary N) is 1. The Labute approximate surface area is 104 Å². The number of rotatable bonds is 5. The van der Waals surface area contributed by atoms with Crippen molar-refractivity contribution in [2.24, 2.45) is 0 Å². The van der Waals surface area contributed by atoms with Gasteiger partial charge < -0.3 is 10.4 Å². The molecule has 1 atom stereocenters. The minimum absolute atomic E-state index is 0.0189. The monoisotopic (exact) mass is 249 g/mol. The fraction of sp³-hybridized carbons (Fsp3) is 0.333. The number of aliphatic hydroxyl groups is 1. The molecule has 0 saturated heterocycles. The summed E-state index contributed by atoms with van der Waals surface area (Å²) in [5.74, 6) is 0.732. The topological polar surface area (TPSA) is 58.0 Å². The molecule has 0 aliphatic carbocycles. The molecule has 1 unspecified atom stereocenters. The Hall–Kier alpha value is -1.46. The first-order valence-corrected chi connectivity index (χ1v) is 6.45. The normalized spacial score (nSPS) is 12.4. The van der Waals surface area contributed by atoms with Crippen LogP contribution in [-0.2, 0) is 0 Å². The van der Waals surface area contributed by atoms with Crippen molar-refractivity contribution in [1.29, 1.82) is 0 Å². The molecule has 5 heteroatoms. The Morgan fingerprint density at radius 3 is 2.88 bits per heavy atom. The molecule has 0 saturated carbocycles. The zero-order valence-corrected chi connectivity index (χ0v) is 10.4. The molecule has 90 valence electrons. The molecule has 0 bridgehead atoms. The van der Waals surface area contributed by atoms with E-state index in [4.69, 9.17) is 0 Å². The van der Waals surface area contributed by atoms with Crippen molar-refractivity contribution < 1.29 is 5.11 Å². The SMILES string of the molecule is CCC(CO)Nc1nccnc1-c1cccs1. The Kier molecular flexibility index (Phi) is 4.06. The predicted molar refractivity (Wildman–Crippen MR) is 70.1 cm³/mol. The van der Waals surface area contributed by atoms with E-state index in [0.29, 0.717) is 0 Å². The minimum atomic E-state index is 0.0189. The molecular formula is C12H15N3OS. The van der Waals surface area contributed by atoms with Crippen LogP contribution in [0.3, 0.4) is 0 Å². The summed E-state index contributed by atoms with van der Waals surface area (Å²) < 4.78 is 0. The van der Waals surface area contributed by atoms with Gasteiger partial charge >= 0.3 is 0 Å². The van der Waals surface area contributed by atoms with Crippen molar-refractivity contribution in [3.05, 3.63) is 29.9 Å². The Morgan fingerprint density at radius 1 is 1.41 bits per heavy atom. The number of thiophene rings is 1. The van der Waals surface area contributed by atoms with Gasteiger partial charge in [0.1, 0.15) is 5.69 Å². The van der Waals surface area contributed by atoms with E-state index in [1.165, 1.54) is 0 Å². The maximum atomic E-state index is 9.20. The van der Waals surface area contributed by atoms with Crippen LogP contribution in [0.5, 0.6) is 0 Å². The van der Waals surface area contributed by atoms with Crippen molar-refractivity contribution in [2.45, 2.75) is 19.4 Å². The van der Waals surface area contributed by atoms with E-state index >= 15 is 0 Å². The van der Waals surface area contributed by atoms with Crippen molar-refractivity contribution in [2.75, 3.05) is 11.9 Å². The smallest absolute Gasteiger partial charge is 0.153 e. The second kappa shape index (κ2) is 5.75. The van der Waals surface area contributed by atoms with Gasteiger partial charge in [-0.2, -0.15) is 0 Å². The average molecular weight is 249 g/mol. The average Bonchev–Trinajstić information content (AvgIpc) is 2.90. The van der Waals surface area contributed by atoms with Gasteiger partial charge in [0, 0.05) is 12.4 Å². The van der Waals surface area contributed by atoms with E-state index in [1.54, 1.807) is 23.7 Å². The predicted octanol–water partition coefficient (Wildman–Crippen LogP) is 2.39. The summed E-state index contributed by atoms with van der Waals surface area (Å²) in [5.41, 5.74) is 0.842. The van der Waals surface area contributed by atoms with Crippen LogP contribution in [0.15, 0.2) is 29.9 Å². The third-order valence-corrected chi connectivity index (χ3v) is 3.38. The highest BCUT2D eigenvalue weighted by Gasteiger charge is 2.12. The molecule has 2 rings (SSSR count). The number of hydrogen-bond donors (Lipinski definition) is 2. The van der Waals surface area contributed by atoms with Gasteiger partial charge in [-0.15, -0.1) is 11.3 Å². The molecule has 0 aromatic carbocycles. The van der Waals surface area contributed by atoms with Crippen molar-refractivity contribution >= 4 is 17.2 Å². The fourth-order valence-electron chi connectivity index (χ4n) is 1.51. The first kappa shape index (κ1) is 12.0. The van der Waals surface area contributed by atoms with Crippen molar-refractivity contribution in [3.8, 4) is 10.6 Å². The molecule has 0 aliphatic heterocycles. The lowest BCUT2D eigenvalue weighted by molar-refractivity contribution is 0.271. The second-order valence-electron chi connectivity index (χ2n) is 3.66. The maximum Gasteiger partial charge on any atom is 0.153 e. The summed E-state index contributed by atoms with van der Waals surface area (Å²) >= 11 is 1.63. The standard InChI is InChI=1S/C12H15N3OS/c1-2-9(8-16)15-12-11(13-5-6-14-12)10-4-3-7-17-10/h3-7,9,16H,2,8H2,1H3,(H,14,15). The van der Waals surface area contributed by atoms with Crippen LogP contribution in [0.2, 0.25) is 0 Å². The van der Waals surface area contributed by atoms with Crippen molar-refractivity contribution in [3.63, 3.8) is 0 Å². The van der Waals surface area contributed by atoms with E-state index in [2.05, 4.69) is 15.3 Å². The third-order valence-electron chi connectivity index (χ3n) is 2.51. The lowest BCUT2D eigenvalue weighted by atomic mass is 10.2. The first-order chi connectivity index (χ1) is 8.35.